The van der Waals surface area contributed by atoms with Gasteiger partial charge in [0.2, 0.25) is 0 Å². The number of benzene rings is 1. The summed E-state index contributed by atoms with van der Waals surface area (Å²) in [5.41, 5.74) is 6.64. The molecule has 112 valence electrons. The summed E-state index contributed by atoms with van der Waals surface area (Å²) in [5, 5.41) is 0. The van der Waals surface area contributed by atoms with E-state index in [9.17, 15) is 9.18 Å². The number of carbonyl (C=O) groups is 1. The molecule has 0 fully saturated rings. The first-order chi connectivity index (χ1) is 9.30. The molecule has 20 heavy (non-hydrogen) atoms. The van der Waals surface area contributed by atoms with Crippen molar-refractivity contribution in [1.82, 2.24) is 4.90 Å². The Balaban J connectivity index is 2.96. The molecular formula is C16H25FN2O. The van der Waals surface area contributed by atoms with Gasteiger partial charge in [-0.15, -0.1) is 0 Å². The third-order valence-corrected chi connectivity index (χ3v) is 3.36. The highest BCUT2D eigenvalue weighted by Gasteiger charge is 2.24. The molecule has 0 radical (unpaired) electrons. The van der Waals surface area contributed by atoms with Crippen LogP contribution in [0.2, 0.25) is 0 Å². The van der Waals surface area contributed by atoms with Crippen molar-refractivity contribution in [2.75, 3.05) is 19.6 Å². The van der Waals surface area contributed by atoms with E-state index < -0.39 is 0 Å². The van der Waals surface area contributed by atoms with Gasteiger partial charge < -0.3 is 10.6 Å². The van der Waals surface area contributed by atoms with Gasteiger partial charge in [-0.3, -0.25) is 4.79 Å². The third-order valence-electron chi connectivity index (χ3n) is 3.36. The van der Waals surface area contributed by atoms with Crippen molar-refractivity contribution in [2.45, 2.75) is 34.1 Å². The average molecular weight is 280 g/mol. The fourth-order valence-electron chi connectivity index (χ4n) is 2.06. The Morgan fingerprint density at radius 2 is 2.05 bits per heavy atom. The summed E-state index contributed by atoms with van der Waals surface area (Å²) in [6, 6.07) is 4.50. The molecule has 0 aliphatic carbocycles. The SMILES string of the molecule is CCCN(CC(C)(C)CN)C(=O)c1ccc(F)c(C)c1. The van der Waals surface area contributed by atoms with E-state index in [0.717, 1.165) is 6.42 Å². The molecule has 0 saturated carbocycles. The van der Waals surface area contributed by atoms with E-state index >= 15 is 0 Å². The van der Waals surface area contributed by atoms with Crippen LogP contribution in [0.3, 0.4) is 0 Å². The van der Waals surface area contributed by atoms with Crippen LogP contribution in [0.5, 0.6) is 0 Å². The van der Waals surface area contributed by atoms with Gasteiger partial charge in [-0.05, 0) is 49.1 Å². The molecule has 1 aromatic carbocycles. The molecule has 0 heterocycles. The lowest BCUT2D eigenvalue weighted by Gasteiger charge is -2.32. The largest absolute Gasteiger partial charge is 0.338 e. The van der Waals surface area contributed by atoms with Gasteiger partial charge in [0.25, 0.3) is 5.91 Å². The van der Waals surface area contributed by atoms with Crippen LogP contribution in [-0.2, 0) is 0 Å². The summed E-state index contributed by atoms with van der Waals surface area (Å²) >= 11 is 0. The molecule has 0 spiro atoms. The molecule has 0 aliphatic rings. The third kappa shape index (κ3) is 4.30. The lowest BCUT2D eigenvalue weighted by atomic mass is 9.92. The number of amides is 1. The zero-order valence-corrected chi connectivity index (χ0v) is 12.9. The predicted molar refractivity (Wildman–Crippen MR) is 80.2 cm³/mol. The lowest BCUT2D eigenvalue weighted by molar-refractivity contribution is 0.0689. The topological polar surface area (TPSA) is 46.3 Å². The maximum Gasteiger partial charge on any atom is 0.253 e. The molecule has 3 nitrogen and oxygen atoms in total. The van der Waals surface area contributed by atoms with E-state index in [1.54, 1.807) is 24.0 Å². The second kappa shape index (κ2) is 6.84. The molecule has 0 unspecified atom stereocenters. The molecule has 0 aromatic heterocycles. The monoisotopic (exact) mass is 280 g/mol. The molecule has 2 N–H and O–H groups in total. The number of nitrogens with zero attached hydrogens (tertiary/aromatic N) is 1. The Morgan fingerprint density at radius 3 is 2.55 bits per heavy atom. The number of hydrogen-bond acceptors (Lipinski definition) is 2. The fraction of sp³-hybridized carbons (Fsp3) is 0.562. The van der Waals surface area contributed by atoms with Crippen molar-refractivity contribution in [1.29, 1.82) is 0 Å². The lowest BCUT2D eigenvalue weighted by Crippen LogP contribution is -2.42. The Labute approximate surface area is 121 Å². The van der Waals surface area contributed by atoms with Gasteiger partial charge in [-0.2, -0.15) is 0 Å². The van der Waals surface area contributed by atoms with Gasteiger partial charge in [-0.1, -0.05) is 20.8 Å². The predicted octanol–water partition coefficient (Wildman–Crippen LogP) is 2.97. The van der Waals surface area contributed by atoms with E-state index in [4.69, 9.17) is 5.73 Å². The standard InChI is InChI=1S/C16H25FN2O/c1-5-8-19(11-16(3,4)10-18)15(20)13-6-7-14(17)12(2)9-13/h6-7,9H,5,8,10-11,18H2,1-4H3. The number of rotatable bonds is 6. The first-order valence-electron chi connectivity index (χ1n) is 7.06. The minimum absolute atomic E-state index is 0.0588. The summed E-state index contributed by atoms with van der Waals surface area (Å²) in [6.07, 6.45) is 0.882. The number of halogens is 1. The number of carbonyl (C=O) groups excluding carboxylic acids is 1. The minimum atomic E-state index is -0.286. The van der Waals surface area contributed by atoms with Crippen LogP contribution in [-0.4, -0.2) is 30.4 Å². The molecule has 1 aromatic rings. The van der Waals surface area contributed by atoms with Crippen LogP contribution in [0, 0.1) is 18.2 Å². The van der Waals surface area contributed by atoms with Gasteiger partial charge in [0, 0.05) is 18.7 Å². The van der Waals surface area contributed by atoms with Crippen LogP contribution >= 0.6 is 0 Å². The maximum atomic E-state index is 13.3. The summed E-state index contributed by atoms with van der Waals surface area (Å²) in [6.45, 7) is 9.58. The first-order valence-corrected chi connectivity index (χ1v) is 7.06. The highest BCUT2D eigenvalue weighted by molar-refractivity contribution is 5.94. The Kier molecular flexibility index (Phi) is 5.69. The number of aryl methyl sites for hydroxylation is 1. The second-order valence-corrected chi connectivity index (χ2v) is 6.06. The van der Waals surface area contributed by atoms with Gasteiger partial charge in [-0.25, -0.2) is 4.39 Å². The van der Waals surface area contributed by atoms with E-state index in [0.29, 0.717) is 30.8 Å². The van der Waals surface area contributed by atoms with E-state index in [1.165, 1.54) is 6.07 Å². The highest BCUT2D eigenvalue weighted by Crippen LogP contribution is 2.18. The maximum absolute atomic E-state index is 13.3. The Morgan fingerprint density at radius 1 is 1.40 bits per heavy atom. The molecular weight excluding hydrogens is 255 g/mol. The molecule has 1 amide bonds. The van der Waals surface area contributed by atoms with Gasteiger partial charge in [0.1, 0.15) is 5.82 Å². The smallest absolute Gasteiger partial charge is 0.253 e. The zero-order valence-electron chi connectivity index (χ0n) is 12.9. The van der Waals surface area contributed by atoms with Crippen molar-refractivity contribution < 1.29 is 9.18 Å². The molecule has 0 atom stereocenters. The quantitative estimate of drug-likeness (QED) is 0.870. The highest BCUT2D eigenvalue weighted by atomic mass is 19.1. The number of nitrogens with two attached hydrogens (primary N) is 1. The van der Waals surface area contributed by atoms with Gasteiger partial charge in [0.05, 0.1) is 0 Å². The minimum Gasteiger partial charge on any atom is -0.338 e. The summed E-state index contributed by atoms with van der Waals surface area (Å²) in [7, 11) is 0. The van der Waals surface area contributed by atoms with Crippen molar-refractivity contribution in [3.8, 4) is 0 Å². The van der Waals surface area contributed by atoms with E-state index in [2.05, 4.69) is 0 Å². The van der Waals surface area contributed by atoms with Crippen molar-refractivity contribution in [2.24, 2.45) is 11.1 Å². The summed E-state index contributed by atoms with van der Waals surface area (Å²) in [4.78, 5) is 14.4. The molecule has 1 rings (SSSR count). The molecule has 0 bridgehead atoms. The van der Waals surface area contributed by atoms with Crippen LogP contribution in [0.25, 0.3) is 0 Å². The zero-order chi connectivity index (χ0) is 15.3. The molecule has 0 aliphatic heterocycles. The second-order valence-electron chi connectivity index (χ2n) is 6.06. The van der Waals surface area contributed by atoms with Crippen LogP contribution in [0.4, 0.5) is 4.39 Å². The van der Waals surface area contributed by atoms with Crippen molar-refractivity contribution in [3.05, 3.63) is 35.1 Å². The Hall–Kier alpha value is -1.42. The van der Waals surface area contributed by atoms with Crippen LogP contribution in [0.1, 0.15) is 43.1 Å². The normalized spacial score (nSPS) is 11.5. The van der Waals surface area contributed by atoms with E-state index in [-0.39, 0.29) is 17.1 Å². The van der Waals surface area contributed by atoms with Gasteiger partial charge in [0.15, 0.2) is 0 Å². The van der Waals surface area contributed by atoms with Crippen molar-refractivity contribution >= 4 is 5.91 Å². The fourth-order valence-corrected chi connectivity index (χ4v) is 2.06. The van der Waals surface area contributed by atoms with Crippen LogP contribution < -0.4 is 5.73 Å². The number of hydrogen-bond donors (Lipinski definition) is 1. The Bertz CT molecular complexity index is 472. The molecule has 0 saturated heterocycles. The first kappa shape index (κ1) is 16.6. The molecule has 4 heteroatoms. The van der Waals surface area contributed by atoms with Crippen LogP contribution in [0.15, 0.2) is 18.2 Å². The van der Waals surface area contributed by atoms with Crippen molar-refractivity contribution in [3.63, 3.8) is 0 Å². The van der Waals surface area contributed by atoms with Gasteiger partial charge >= 0.3 is 0 Å². The summed E-state index contributed by atoms with van der Waals surface area (Å²) in [5.74, 6) is -0.345. The summed E-state index contributed by atoms with van der Waals surface area (Å²) < 4.78 is 13.3. The average Bonchev–Trinajstić information content (AvgIpc) is 2.40. The van der Waals surface area contributed by atoms with E-state index in [1.807, 2.05) is 20.8 Å².